The summed E-state index contributed by atoms with van der Waals surface area (Å²) in [4.78, 5) is 48.1. The number of aromatic nitrogens is 1. The Morgan fingerprint density at radius 1 is 1.14 bits per heavy atom. The Morgan fingerprint density at radius 3 is 2.50 bits per heavy atom. The normalized spacial score (nSPS) is 31.9. The maximum atomic E-state index is 14.9. The fraction of sp³-hybridized carbons (Fsp3) is 0.667. The van der Waals surface area contributed by atoms with Crippen LogP contribution in [0, 0.1) is 16.7 Å². The lowest BCUT2D eigenvalue weighted by molar-refractivity contribution is -0.190. The van der Waals surface area contributed by atoms with Gasteiger partial charge in [0.1, 0.15) is 28.2 Å². The van der Waals surface area contributed by atoms with Gasteiger partial charge in [-0.1, -0.05) is 49.4 Å². The van der Waals surface area contributed by atoms with Gasteiger partial charge in [-0.3, -0.25) is 14.9 Å². The number of aliphatic hydroxyl groups is 2. The molecule has 3 heterocycles. The molecular formula is C39H56N6O10S. The van der Waals surface area contributed by atoms with Crippen LogP contribution < -0.4 is 24.8 Å². The van der Waals surface area contributed by atoms with E-state index in [2.05, 4.69) is 32.4 Å². The first-order chi connectivity index (χ1) is 26.4. The van der Waals surface area contributed by atoms with E-state index in [-0.39, 0.29) is 56.5 Å². The second kappa shape index (κ2) is 15.9. The molecule has 2 unspecified atom stereocenters. The van der Waals surface area contributed by atoms with Crippen molar-refractivity contribution >= 4 is 32.6 Å². The standard InChI is InChI=1S/C39H56N6O10S/c1-24-11-9-10-14-38(44-50)21-39(38,22-41-56(51,52)37(23-46)15-16-37)43-32(47)29-18-26(54-33-28-13-8-7-12-27(28)30(53-6)19-40-33)20-45(29)34(48)31(25(2)17-24)42-35(49)55-36(3,4)5/h7-8,10,12-14,19,24-26,29,31,35,41-42,46,49H,9,11,15-18,20-23H2,1-6H3,(H,43,47)/b14-10-/t24-,25+,26+,29?,31-,35?,38-,39-/m0/s1. The number of nitrogens with one attached hydrogen (secondary N) is 3. The van der Waals surface area contributed by atoms with Crippen LogP contribution >= 0.6 is 0 Å². The van der Waals surface area contributed by atoms with Gasteiger partial charge in [-0.05, 0) is 70.8 Å². The van der Waals surface area contributed by atoms with Gasteiger partial charge in [-0.2, -0.15) is 0 Å². The average molecular weight is 801 g/mol. The van der Waals surface area contributed by atoms with E-state index in [1.807, 2.05) is 37.3 Å². The smallest absolute Gasteiger partial charge is 0.243 e. The first kappa shape index (κ1) is 41.9. The van der Waals surface area contributed by atoms with Crippen LogP contribution in [0.5, 0.6) is 11.6 Å². The number of rotatable bonds is 12. The van der Waals surface area contributed by atoms with E-state index in [0.717, 1.165) is 5.39 Å². The minimum Gasteiger partial charge on any atom is -0.494 e. The highest BCUT2D eigenvalue weighted by atomic mass is 32.2. The molecule has 0 spiro atoms. The van der Waals surface area contributed by atoms with Crippen LogP contribution in [-0.2, 0) is 24.3 Å². The summed E-state index contributed by atoms with van der Waals surface area (Å²) < 4.78 is 45.7. The van der Waals surface area contributed by atoms with E-state index >= 15 is 0 Å². The SMILES string of the molecule is COc1cnc(O[C@@H]2CC3C(=O)N[C@]4(CNS(=O)(=O)C5(CO)CC5)C[C@@]4(N=O)/C=C\CC[C@H](C)C[C@@H](C)[C@H](NC(O)OC(C)(C)C)C(=O)N3C2)c2ccccc12. The zero-order valence-corrected chi connectivity index (χ0v) is 33.8. The lowest BCUT2D eigenvalue weighted by Gasteiger charge is -2.35. The third-order valence-corrected chi connectivity index (χ3v) is 13.9. The van der Waals surface area contributed by atoms with Gasteiger partial charge >= 0.3 is 0 Å². The summed E-state index contributed by atoms with van der Waals surface area (Å²) in [6, 6.07) is 5.31. The maximum Gasteiger partial charge on any atom is 0.243 e. The van der Waals surface area contributed by atoms with Gasteiger partial charge in [0.25, 0.3) is 0 Å². The van der Waals surface area contributed by atoms with Crippen molar-refractivity contribution in [2.24, 2.45) is 17.0 Å². The number of sulfonamides is 1. The number of methoxy groups -OCH3 is 1. The number of carbonyl (C=O) groups is 2. The fourth-order valence-electron chi connectivity index (χ4n) is 8.20. The molecule has 6 rings (SSSR count). The minimum atomic E-state index is -4.03. The van der Waals surface area contributed by atoms with Crippen molar-refractivity contribution in [1.82, 2.24) is 25.2 Å². The van der Waals surface area contributed by atoms with Crippen LogP contribution in [0.3, 0.4) is 0 Å². The van der Waals surface area contributed by atoms with Crippen LogP contribution in [0.2, 0.25) is 0 Å². The molecule has 5 N–H and O–H groups in total. The second-order valence-electron chi connectivity index (χ2n) is 17.1. The van der Waals surface area contributed by atoms with E-state index in [1.165, 1.54) is 4.90 Å². The molecule has 2 saturated carbocycles. The quantitative estimate of drug-likeness (QED) is 0.119. The highest BCUT2D eigenvalue weighted by Gasteiger charge is 2.70. The molecule has 4 aliphatic rings. The lowest BCUT2D eigenvalue weighted by atomic mass is 9.88. The molecule has 2 aliphatic heterocycles. The van der Waals surface area contributed by atoms with Gasteiger partial charge in [0.2, 0.25) is 34.1 Å². The average Bonchev–Trinajstić information content (AvgIpc) is 4.03. The van der Waals surface area contributed by atoms with E-state index in [0.29, 0.717) is 30.4 Å². The van der Waals surface area contributed by atoms with Crippen molar-refractivity contribution in [1.29, 1.82) is 0 Å². The third-order valence-electron chi connectivity index (χ3n) is 11.7. The summed E-state index contributed by atoms with van der Waals surface area (Å²) in [5, 5.41) is 31.8. The zero-order valence-electron chi connectivity index (χ0n) is 33.0. The molecule has 0 bridgehead atoms. The Hall–Kier alpha value is -3.74. The number of amides is 2. The monoisotopic (exact) mass is 800 g/mol. The number of nitroso groups, excluding NO2 is 1. The predicted octanol–water partition coefficient (Wildman–Crippen LogP) is 2.86. The summed E-state index contributed by atoms with van der Waals surface area (Å²) in [5.74, 6) is -0.460. The number of hydrogen-bond acceptors (Lipinski definition) is 13. The van der Waals surface area contributed by atoms with Crippen LogP contribution in [0.4, 0.5) is 0 Å². The first-order valence-corrected chi connectivity index (χ1v) is 20.8. The molecule has 2 amide bonds. The van der Waals surface area contributed by atoms with Crippen molar-refractivity contribution in [3.8, 4) is 11.6 Å². The molecule has 17 heteroatoms. The number of ether oxygens (including phenoxy) is 3. The van der Waals surface area contributed by atoms with Crippen LogP contribution in [-0.4, -0.2) is 113 Å². The highest BCUT2D eigenvalue weighted by molar-refractivity contribution is 7.91. The molecule has 2 aromatic rings. The summed E-state index contributed by atoms with van der Waals surface area (Å²) in [7, 11) is -2.48. The Morgan fingerprint density at radius 2 is 1.86 bits per heavy atom. The van der Waals surface area contributed by atoms with Crippen molar-refractivity contribution in [2.45, 2.75) is 126 Å². The minimum absolute atomic E-state index is 0.0226. The third kappa shape index (κ3) is 8.43. The van der Waals surface area contributed by atoms with E-state index < -0.39 is 74.5 Å². The number of fused-ring (bicyclic) bond motifs is 3. The molecule has 0 radical (unpaired) electrons. The zero-order chi connectivity index (χ0) is 40.7. The molecular weight excluding hydrogens is 745 g/mol. The Labute approximate surface area is 328 Å². The molecule has 1 saturated heterocycles. The van der Waals surface area contributed by atoms with Gasteiger partial charge in [0.05, 0.1) is 43.6 Å². The van der Waals surface area contributed by atoms with Crippen LogP contribution in [0.1, 0.15) is 79.6 Å². The second-order valence-corrected chi connectivity index (χ2v) is 19.3. The number of hydrogen-bond donors (Lipinski definition) is 5. The van der Waals surface area contributed by atoms with Crippen molar-refractivity contribution in [2.75, 3.05) is 26.8 Å². The number of carbonyl (C=O) groups excluding carboxylic acids is 2. The van der Waals surface area contributed by atoms with Gasteiger partial charge < -0.3 is 34.6 Å². The molecule has 8 atom stereocenters. The van der Waals surface area contributed by atoms with Crippen molar-refractivity contribution < 1.29 is 42.4 Å². The highest BCUT2D eigenvalue weighted by Crippen LogP contribution is 2.53. The Balaban J connectivity index is 1.37. The number of nitrogens with zero attached hydrogens (tertiary/aromatic N) is 3. The van der Waals surface area contributed by atoms with E-state index in [1.54, 1.807) is 40.2 Å². The topological polar surface area (TPSA) is 218 Å². The van der Waals surface area contributed by atoms with Crippen LogP contribution in [0.15, 0.2) is 47.8 Å². The van der Waals surface area contributed by atoms with Gasteiger partial charge in [-0.15, -0.1) is 4.91 Å². The summed E-state index contributed by atoms with van der Waals surface area (Å²) >= 11 is 0. The first-order valence-electron chi connectivity index (χ1n) is 19.4. The number of pyridine rings is 1. The molecule has 2 aliphatic carbocycles. The van der Waals surface area contributed by atoms with Crippen molar-refractivity contribution in [3.05, 3.63) is 47.5 Å². The number of benzene rings is 1. The Bertz CT molecular complexity index is 1940. The Kier molecular flexibility index (Phi) is 11.9. The predicted molar refractivity (Wildman–Crippen MR) is 208 cm³/mol. The number of aliphatic hydroxyl groups excluding tert-OH is 2. The van der Waals surface area contributed by atoms with Crippen molar-refractivity contribution in [3.63, 3.8) is 0 Å². The molecule has 56 heavy (non-hydrogen) atoms. The lowest BCUT2D eigenvalue weighted by Crippen LogP contribution is -2.60. The number of allylic oxidation sites excluding steroid dienone is 1. The molecule has 3 fully saturated rings. The summed E-state index contributed by atoms with van der Waals surface area (Å²) in [6.45, 7) is 8.39. The van der Waals surface area contributed by atoms with Gasteiger partial charge in [0.15, 0.2) is 0 Å². The molecule has 308 valence electrons. The molecule has 16 nitrogen and oxygen atoms in total. The summed E-state index contributed by atoms with van der Waals surface area (Å²) in [5.41, 5.74) is -3.64. The van der Waals surface area contributed by atoms with Crippen LogP contribution in [0.25, 0.3) is 10.8 Å². The summed E-state index contributed by atoms with van der Waals surface area (Å²) in [6.07, 6.45) is 5.30. The molecule has 1 aromatic carbocycles. The van der Waals surface area contributed by atoms with E-state index in [4.69, 9.17) is 14.2 Å². The fourth-order valence-corrected chi connectivity index (χ4v) is 9.75. The van der Waals surface area contributed by atoms with E-state index in [9.17, 15) is 33.1 Å². The largest absolute Gasteiger partial charge is 0.494 e. The molecule has 1 aromatic heterocycles. The van der Waals surface area contributed by atoms with Gasteiger partial charge in [0, 0.05) is 30.2 Å². The van der Waals surface area contributed by atoms with Gasteiger partial charge in [-0.25, -0.2) is 18.1 Å². The maximum absolute atomic E-state index is 14.9.